The first-order chi connectivity index (χ1) is 10.8. The van der Waals surface area contributed by atoms with Gasteiger partial charge in [-0.2, -0.15) is 0 Å². The maximum atomic E-state index is 5.88. The van der Waals surface area contributed by atoms with Gasteiger partial charge in [0.2, 0.25) is 0 Å². The summed E-state index contributed by atoms with van der Waals surface area (Å²) < 4.78 is 11.9. The molecular weight excluding hydrogens is 377 g/mol. The number of rotatable bonds is 10. The first-order valence-electron chi connectivity index (χ1n) is 9.10. The first-order valence-corrected chi connectivity index (χ1v) is 16.6. The van der Waals surface area contributed by atoms with Crippen LogP contribution in [0.25, 0.3) is 11.1 Å². The van der Waals surface area contributed by atoms with Crippen LogP contribution in [-0.4, -0.2) is 23.4 Å². The van der Waals surface area contributed by atoms with E-state index in [2.05, 4.69) is 33.1 Å². The van der Waals surface area contributed by atoms with Crippen LogP contribution >= 0.6 is 0 Å². The first kappa shape index (κ1) is 17.8. The van der Waals surface area contributed by atoms with Crippen LogP contribution in [0.3, 0.4) is 0 Å². The molecule has 0 saturated heterocycles. The van der Waals surface area contributed by atoms with E-state index in [0.717, 1.165) is 5.58 Å². The fourth-order valence-corrected chi connectivity index (χ4v) is 19.7. The Morgan fingerprint density at radius 3 is 2.09 bits per heavy atom. The summed E-state index contributed by atoms with van der Waals surface area (Å²) >= 11 is -2.40. The zero-order chi connectivity index (χ0) is 15.8. The Hall–Kier alpha value is -0.511. The van der Waals surface area contributed by atoms with Gasteiger partial charge in [-0.15, -0.1) is 0 Å². The second kappa shape index (κ2) is 8.95. The van der Waals surface area contributed by atoms with Crippen molar-refractivity contribution in [1.82, 2.24) is 4.98 Å². The van der Waals surface area contributed by atoms with E-state index in [1.807, 2.05) is 12.3 Å². The monoisotopic (exact) mass is 409 g/mol. The molecule has 0 radical (unpaired) electrons. The number of fused-ring (bicyclic) bond motifs is 1. The van der Waals surface area contributed by atoms with Crippen LogP contribution in [-0.2, 0) is 0 Å². The molecular formula is C19H31NOSn. The zero-order valence-corrected chi connectivity index (χ0v) is 17.4. The number of furan rings is 1. The topological polar surface area (TPSA) is 26.0 Å². The zero-order valence-electron chi connectivity index (χ0n) is 14.5. The van der Waals surface area contributed by atoms with Gasteiger partial charge in [0.05, 0.1) is 0 Å². The van der Waals surface area contributed by atoms with Gasteiger partial charge in [0.15, 0.2) is 0 Å². The number of pyridine rings is 1. The molecule has 2 heterocycles. The SMILES string of the molecule is CCC[CH2][Sn]([CH2]CCC)([CH2]CCC)[c]1coc2cccnc12. The molecule has 0 amide bonds. The van der Waals surface area contributed by atoms with Crippen molar-refractivity contribution in [2.45, 2.75) is 72.6 Å². The summed E-state index contributed by atoms with van der Waals surface area (Å²) in [5, 5.41) is 0. The average Bonchev–Trinajstić information content (AvgIpc) is 2.99. The van der Waals surface area contributed by atoms with Gasteiger partial charge >= 0.3 is 140 Å². The third-order valence-electron chi connectivity index (χ3n) is 4.93. The molecule has 0 saturated carbocycles. The molecule has 0 N–H and O–H groups in total. The summed E-state index contributed by atoms with van der Waals surface area (Å²) in [6.07, 6.45) is 12.1. The standard InChI is InChI=1S/C7H4NO.3C4H9.Sn/c1-2-7-6(8-4-1)3-5-9-7;3*1-3-4-2;/h1-2,4-5H;3*1,3-4H2,2H3;. The predicted molar refractivity (Wildman–Crippen MR) is 98.5 cm³/mol. The van der Waals surface area contributed by atoms with Crippen molar-refractivity contribution in [3.63, 3.8) is 0 Å². The fraction of sp³-hybridized carbons (Fsp3) is 0.632. The molecule has 2 aromatic heterocycles. The van der Waals surface area contributed by atoms with E-state index < -0.39 is 18.4 Å². The third-order valence-corrected chi connectivity index (χ3v) is 20.4. The minimum atomic E-state index is -2.40. The van der Waals surface area contributed by atoms with Gasteiger partial charge in [0.1, 0.15) is 0 Å². The van der Waals surface area contributed by atoms with Crippen LogP contribution in [0.1, 0.15) is 59.3 Å². The van der Waals surface area contributed by atoms with Gasteiger partial charge in [-0.3, -0.25) is 0 Å². The van der Waals surface area contributed by atoms with Crippen molar-refractivity contribution in [3.05, 3.63) is 24.6 Å². The number of nitrogens with zero attached hydrogens (tertiary/aromatic N) is 1. The van der Waals surface area contributed by atoms with E-state index in [1.165, 1.54) is 57.4 Å². The average molecular weight is 408 g/mol. The van der Waals surface area contributed by atoms with Crippen LogP contribution < -0.4 is 3.58 Å². The van der Waals surface area contributed by atoms with E-state index in [4.69, 9.17) is 9.40 Å². The summed E-state index contributed by atoms with van der Waals surface area (Å²) in [4.78, 5) is 4.69. The molecule has 0 atom stereocenters. The van der Waals surface area contributed by atoms with E-state index in [1.54, 1.807) is 3.58 Å². The molecule has 2 rings (SSSR count). The Labute approximate surface area is 139 Å². The Balaban J connectivity index is 2.42. The Morgan fingerprint density at radius 2 is 1.55 bits per heavy atom. The maximum absolute atomic E-state index is 5.88. The molecule has 3 heteroatoms. The van der Waals surface area contributed by atoms with Crippen molar-refractivity contribution in [3.8, 4) is 0 Å². The van der Waals surface area contributed by atoms with Gasteiger partial charge < -0.3 is 0 Å². The van der Waals surface area contributed by atoms with Crippen molar-refractivity contribution in [1.29, 1.82) is 0 Å². The number of aromatic nitrogens is 1. The van der Waals surface area contributed by atoms with Gasteiger partial charge in [0, 0.05) is 0 Å². The van der Waals surface area contributed by atoms with Crippen molar-refractivity contribution in [2.75, 3.05) is 0 Å². The summed E-state index contributed by atoms with van der Waals surface area (Å²) in [5.74, 6) is 0. The van der Waals surface area contributed by atoms with Crippen molar-refractivity contribution in [2.24, 2.45) is 0 Å². The van der Waals surface area contributed by atoms with Gasteiger partial charge in [-0.25, -0.2) is 0 Å². The van der Waals surface area contributed by atoms with Crippen molar-refractivity contribution < 1.29 is 4.42 Å². The number of hydrogen-bond donors (Lipinski definition) is 0. The van der Waals surface area contributed by atoms with Crippen LogP contribution in [0.15, 0.2) is 29.0 Å². The third kappa shape index (κ3) is 4.06. The van der Waals surface area contributed by atoms with Gasteiger partial charge in [-0.1, -0.05) is 0 Å². The summed E-state index contributed by atoms with van der Waals surface area (Å²) in [6.45, 7) is 6.96. The quantitative estimate of drug-likeness (QED) is 0.459. The number of hydrogen-bond acceptors (Lipinski definition) is 2. The second-order valence-electron chi connectivity index (χ2n) is 6.59. The van der Waals surface area contributed by atoms with E-state index in [9.17, 15) is 0 Å². The molecule has 22 heavy (non-hydrogen) atoms. The molecule has 0 aliphatic heterocycles. The molecule has 0 spiro atoms. The van der Waals surface area contributed by atoms with Crippen LogP contribution in [0, 0.1) is 0 Å². The van der Waals surface area contributed by atoms with Crippen molar-refractivity contribution >= 4 is 33.1 Å². The molecule has 2 aromatic rings. The normalized spacial score (nSPS) is 12.1. The molecule has 0 unspecified atom stereocenters. The summed E-state index contributed by atoms with van der Waals surface area (Å²) in [7, 11) is 0. The second-order valence-corrected chi connectivity index (χ2v) is 19.7. The Bertz CT molecular complexity index is 542. The predicted octanol–water partition coefficient (Wildman–Crippen LogP) is 5.88. The Kier molecular flexibility index (Phi) is 7.26. The van der Waals surface area contributed by atoms with E-state index >= 15 is 0 Å². The molecule has 2 nitrogen and oxygen atoms in total. The van der Waals surface area contributed by atoms with Crippen LogP contribution in [0.5, 0.6) is 0 Å². The van der Waals surface area contributed by atoms with Crippen LogP contribution in [0.2, 0.25) is 13.3 Å². The molecule has 0 aromatic carbocycles. The van der Waals surface area contributed by atoms with Crippen LogP contribution in [0.4, 0.5) is 0 Å². The molecule has 0 aliphatic rings. The summed E-state index contributed by atoms with van der Waals surface area (Å²) in [6, 6.07) is 4.05. The number of unbranched alkanes of at least 4 members (excludes halogenated alkanes) is 3. The summed E-state index contributed by atoms with van der Waals surface area (Å²) in [5.41, 5.74) is 2.17. The van der Waals surface area contributed by atoms with Gasteiger partial charge in [-0.05, 0) is 0 Å². The van der Waals surface area contributed by atoms with E-state index in [-0.39, 0.29) is 0 Å². The van der Waals surface area contributed by atoms with Gasteiger partial charge in [0.25, 0.3) is 0 Å². The molecule has 0 aliphatic carbocycles. The fourth-order valence-electron chi connectivity index (χ4n) is 3.57. The van der Waals surface area contributed by atoms with E-state index in [0.29, 0.717) is 0 Å². The molecule has 0 fully saturated rings. The Morgan fingerprint density at radius 1 is 0.955 bits per heavy atom. The minimum absolute atomic E-state index is 0.989. The molecule has 0 bridgehead atoms. The molecule has 122 valence electrons.